The van der Waals surface area contributed by atoms with Crippen LogP contribution in [0.3, 0.4) is 0 Å². The van der Waals surface area contributed by atoms with Crippen molar-refractivity contribution in [2.75, 3.05) is 44.2 Å². The van der Waals surface area contributed by atoms with Crippen LogP contribution in [0.15, 0.2) is 0 Å². The van der Waals surface area contributed by atoms with E-state index in [1.165, 1.54) is 31.0 Å². The van der Waals surface area contributed by atoms with Gasteiger partial charge in [-0.3, -0.25) is 10.3 Å². The highest BCUT2D eigenvalue weighted by Gasteiger charge is 2.18. The maximum atomic E-state index is 7.73. The van der Waals surface area contributed by atoms with Crippen molar-refractivity contribution in [1.82, 2.24) is 9.80 Å². The molecule has 2 fully saturated rings. The Labute approximate surface area is 90.3 Å². The lowest BCUT2D eigenvalue weighted by atomic mass is 10.4. The van der Waals surface area contributed by atoms with Crippen molar-refractivity contribution in [2.24, 2.45) is 0 Å². The maximum absolute atomic E-state index is 7.73. The standard InChI is InChI=1S/C10H19N3S/c11-10-2-1-3-13(10)5-4-12-6-8-14-9-7-12/h11H,1-9H2. The van der Waals surface area contributed by atoms with Gasteiger partial charge in [0.1, 0.15) is 0 Å². The van der Waals surface area contributed by atoms with E-state index in [1.807, 2.05) is 0 Å². The Kier molecular flexibility index (Phi) is 3.70. The molecule has 80 valence electrons. The number of amidine groups is 1. The summed E-state index contributed by atoms with van der Waals surface area (Å²) in [7, 11) is 0. The van der Waals surface area contributed by atoms with E-state index in [1.54, 1.807) is 0 Å². The lowest BCUT2D eigenvalue weighted by molar-refractivity contribution is 0.272. The van der Waals surface area contributed by atoms with Crippen LogP contribution >= 0.6 is 11.8 Å². The zero-order chi connectivity index (χ0) is 9.80. The number of hydrogen-bond donors (Lipinski definition) is 1. The zero-order valence-corrected chi connectivity index (χ0v) is 9.48. The van der Waals surface area contributed by atoms with Gasteiger partial charge in [-0.25, -0.2) is 0 Å². The van der Waals surface area contributed by atoms with E-state index in [2.05, 4.69) is 21.6 Å². The highest BCUT2D eigenvalue weighted by Crippen LogP contribution is 2.12. The first-order valence-electron chi connectivity index (χ1n) is 5.49. The van der Waals surface area contributed by atoms with Crippen molar-refractivity contribution < 1.29 is 0 Å². The zero-order valence-electron chi connectivity index (χ0n) is 8.67. The largest absolute Gasteiger partial charge is 0.359 e. The molecule has 0 aromatic heterocycles. The Balaban J connectivity index is 1.68. The van der Waals surface area contributed by atoms with Crippen LogP contribution in [0.5, 0.6) is 0 Å². The second kappa shape index (κ2) is 5.03. The Bertz CT molecular complexity index is 202. The molecule has 0 aliphatic carbocycles. The molecule has 0 unspecified atom stereocenters. The Hall–Kier alpha value is -0.220. The molecule has 2 heterocycles. The summed E-state index contributed by atoms with van der Waals surface area (Å²) in [5, 5.41) is 7.73. The molecular weight excluding hydrogens is 194 g/mol. The molecule has 0 amide bonds. The van der Waals surface area contributed by atoms with E-state index in [0.29, 0.717) is 0 Å². The van der Waals surface area contributed by atoms with Crippen LogP contribution in [0, 0.1) is 5.41 Å². The van der Waals surface area contributed by atoms with Crippen LogP contribution in [-0.4, -0.2) is 59.9 Å². The van der Waals surface area contributed by atoms with E-state index >= 15 is 0 Å². The molecule has 0 atom stereocenters. The summed E-state index contributed by atoms with van der Waals surface area (Å²) in [4.78, 5) is 4.77. The third-order valence-electron chi connectivity index (χ3n) is 3.01. The number of rotatable bonds is 3. The summed E-state index contributed by atoms with van der Waals surface area (Å²) in [6.07, 6.45) is 2.19. The monoisotopic (exact) mass is 213 g/mol. The first-order chi connectivity index (χ1) is 6.86. The molecule has 2 aliphatic heterocycles. The van der Waals surface area contributed by atoms with Gasteiger partial charge in [-0.1, -0.05) is 0 Å². The van der Waals surface area contributed by atoms with E-state index in [0.717, 1.165) is 31.9 Å². The van der Waals surface area contributed by atoms with Crippen molar-refractivity contribution in [3.8, 4) is 0 Å². The molecule has 0 aromatic carbocycles. The van der Waals surface area contributed by atoms with Gasteiger partial charge in [0.05, 0.1) is 5.84 Å². The maximum Gasteiger partial charge on any atom is 0.0958 e. The first kappa shape index (κ1) is 10.3. The number of nitrogens with one attached hydrogen (secondary N) is 1. The van der Waals surface area contributed by atoms with Gasteiger partial charge in [-0.05, 0) is 6.42 Å². The Morgan fingerprint density at radius 2 is 1.93 bits per heavy atom. The summed E-state index contributed by atoms with van der Waals surface area (Å²) in [6.45, 7) is 5.82. The van der Waals surface area contributed by atoms with Crippen molar-refractivity contribution in [1.29, 1.82) is 5.41 Å². The lowest BCUT2D eigenvalue weighted by Gasteiger charge is -2.28. The molecule has 0 bridgehead atoms. The van der Waals surface area contributed by atoms with E-state index < -0.39 is 0 Å². The Morgan fingerprint density at radius 1 is 1.14 bits per heavy atom. The molecule has 2 rings (SSSR count). The van der Waals surface area contributed by atoms with Gasteiger partial charge >= 0.3 is 0 Å². The van der Waals surface area contributed by atoms with Crippen LogP contribution in [0.4, 0.5) is 0 Å². The van der Waals surface area contributed by atoms with E-state index in [-0.39, 0.29) is 0 Å². The topological polar surface area (TPSA) is 30.3 Å². The summed E-state index contributed by atoms with van der Waals surface area (Å²) < 4.78 is 0. The highest BCUT2D eigenvalue weighted by atomic mass is 32.2. The van der Waals surface area contributed by atoms with Gasteiger partial charge in [0.2, 0.25) is 0 Å². The van der Waals surface area contributed by atoms with Gasteiger partial charge < -0.3 is 4.90 Å². The van der Waals surface area contributed by atoms with Gasteiger partial charge in [0.25, 0.3) is 0 Å². The smallest absolute Gasteiger partial charge is 0.0958 e. The fourth-order valence-corrected chi connectivity index (χ4v) is 3.04. The molecule has 0 radical (unpaired) electrons. The summed E-state index contributed by atoms with van der Waals surface area (Å²) in [5.74, 6) is 3.44. The summed E-state index contributed by atoms with van der Waals surface area (Å²) in [5.41, 5.74) is 0. The first-order valence-corrected chi connectivity index (χ1v) is 6.64. The molecule has 0 aromatic rings. The molecule has 4 heteroatoms. The quantitative estimate of drug-likeness (QED) is 0.762. The lowest BCUT2D eigenvalue weighted by Crippen LogP contribution is -2.39. The SMILES string of the molecule is N=C1CCCN1CCN1CCSCC1. The minimum absolute atomic E-state index is 0.858. The number of hydrogen-bond acceptors (Lipinski definition) is 3. The molecule has 0 saturated carbocycles. The predicted octanol–water partition coefficient (Wildman–Crippen LogP) is 1.11. The van der Waals surface area contributed by atoms with Crippen LogP contribution in [0.25, 0.3) is 0 Å². The normalized spacial score (nSPS) is 24.6. The van der Waals surface area contributed by atoms with Gasteiger partial charge in [0, 0.05) is 50.7 Å². The van der Waals surface area contributed by atoms with Gasteiger partial charge in [-0.2, -0.15) is 11.8 Å². The van der Waals surface area contributed by atoms with Gasteiger partial charge in [0.15, 0.2) is 0 Å². The molecule has 0 spiro atoms. The van der Waals surface area contributed by atoms with E-state index in [9.17, 15) is 0 Å². The van der Waals surface area contributed by atoms with Gasteiger partial charge in [-0.15, -0.1) is 0 Å². The molecule has 3 nitrogen and oxygen atoms in total. The third kappa shape index (κ3) is 2.64. The molecule has 2 aliphatic rings. The van der Waals surface area contributed by atoms with Crippen LogP contribution in [0.1, 0.15) is 12.8 Å². The molecule has 2 saturated heterocycles. The van der Waals surface area contributed by atoms with Crippen molar-refractivity contribution in [3.63, 3.8) is 0 Å². The Morgan fingerprint density at radius 3 is 2.57 bits per heavy atom. The highest BCUT2D eigenvalue weighted by molar-refractivity contribution is 7.99. The second-order valence-electron chi connectivity index (χ2n) is 3.99. The minimum atomic E-state index is 0.858. The number of likely N-dealkylation sites (tertiary alicyclic amines) is 1. The number of nitrogens with zero attached hydrogens (tertiary/aromatic N) is 2. The van der Waals surface area contributed by atoms with Crippen LogP contribution in [-0.2, 0) is 0 Å². The molecule has 1 N–H and O–H groups in total. The second-order valence-corrected chi connectivity index (χ2v) is 5.22. The van der Waals surface area contributed by atoms with Crippen molar-refractivity contribution in [2.45, 2.75) is 12.8 Å². The third-order valence-corrected chi connectivity index (χ3v) is 3.96. The van der Waals surface area contributed by atoms with Crippen molar-refractivity contribution in [3.05, 3.63) is 0 Å². The fourth-order valence-electron chi connectivity index (χ4n) is 2.06. The fraction of sp³-hybridized carbons (Fsp3) is 0.900. The average Bonchev–Trinajstić information content (AvgIpc) is 2.63. The summed E-state index contributed by atoms with van der Waals surface area (Å²) in [6, 6.07) is 0. The van der Waals surface area contributed by atoms with Crippen LogP contribution in [0.2, 0.25) is 0 Å². The van der Waals surface area contributed by atoms with E-state index in [4.69, 9.17) is 5.41 Å². The summed E-state index contributed by atoms with van der Waals surface area (Å²) >= 11 is 2.06. The van der Waals surface area contributed by atoms with Crippen LogP contribution < -0.4 is 0 Å². The molecular formula is C10H19N3S. The average molecular weight is 213 g/mol. The predicted molar refractivity (Wildman–Crippen MR) is 62.3 cm³/mol. The molecule has 14 heavy (non-hydrogen) atoms. The minimum Gasteiger partial charge on any atom is -0.359 e. The van der Waals surface area contributed by atoms with Crippen molar-refractivity contribution >= 4 is 17.6 Å². The number of thioether (sulfide) groups is 1.